The molecule has 0 unspecified atom stereocenters. The number of carbonyl (C=O) groups excluding carboxylic acids is 1. The minimum absolute atomic E-state index is 0.000766. The van der Waals surface area contributed by atoms with Gasteiger partial charge >= 0.3 is 0 Å². The second-order valence-corrected chi connectivity index (χ2v) is 4.37. The molecule has 0 rings (SSSR count). The van der Waals surface area contributed by atoms with Gasteiger partial charge in [0.15, 0.2) is 0 Å². The zero-order chi connectivity index (χ0) is 15.1. The molecule has 0 aliphatic carbocycles. The molecule has 0 atom stereocenters. The van der Waals surface area contributed by atoms with E-state index in [2.05, 4.69) is 24.8 Å². The molecule has 0 bridgehead atoms. The number of carbonyl (C=O) groups is 1. The van der Waals surface area contributed by atoms with E-state index in [1.54, 1.807) is 14.1 Å². The number of unbranched alkanes of at least 4 members (excludes halogenated alkanes) is 1. The summed E-state index contributed by atoms with van der Waals surface area (Å²) in [6.07, 6.45) is 14.5. The highest BCUT2D eigenvalue weighted by atomic mass is 16.5. The van der Waals surface area contributed by atoms with Crippen molar-refractivity contribution < 1.29 is 9.53 Å². The fourth-order valence-electron chi connectivity index (χ4n) is 1.14. The Morgan fingerprint density at radius 2 is 1.90 bits per heavy atom. The normalized spacial score (nSPS) is 11.2. The zero-order valence-electron chi connectivity index (χ0n) is 12.8. The Kier molecular flexibility index (Phi) is 12.4. The molecule has 3 nitrogen and oxygen atoms in total. The Bertz CT molecular complexity index is 395. The van der Waals surface area contributed by atoms with Gasteiger partial charge in [-0.3, -0.25) is 4.79 Å². The standard InChI is InChI=1S/C17H25NO2/c1-4-5-6-7-8-9-10-11-12-13-14-15-20-16-17(19)18(2)3/h5-6,9-12H,4,13-16H2,1-3H3. The lowest BCUT2D eigenvalue weighted by Crippen LogP contribution is -2.26. The fraction of sp³-hybridized carbons (Fsp3) is 0.471. The van der Waals surface area contributed by atoms with Crippen LogP contribution < -0.4 is 0 Å². The molecule has 110 valence electrons. The maximum atomic E-state index is 11.2. The summed E-state index contributed by atoms with van der Waals surface area (Å²) in [6.45, 7) is 2.85. The van der Waals surface area contributed by atoms with E-state index in [1.165, 1.54) is 4.90 Å². The van der Waals surface area contributed by atoms with Crippen LogP contribution in [0, 0.1) is 11.8 Å². The quantitative estimate of drug-likeness (QED) is 0.387. The smallest absolute Gasteiger partial charge is 0.248 e. The van der Waals surface area contributed by atoms with Crippen LogP contribution in [0.5, 0.6) is 0 Å². The average Bonchev–Trinajstić information content (AvgIpc) is 2.43. The van der Waals surface area contributed by atoms with Gasteiger partial charge in [0.25, 0.3) is 0 Å². The molecule has 0 saturated carbocycles. The van der Waals surface area contributed by atoms with Crippen LogP contribution in [0.25, 0.3) is 0 Å². The largest absolute Gasteiger partial charge is 0.372 e. The number of allylic oxidation sites excluding steroid dienone is 6. The van der Waals surface area contributed by atoms with E-state index in [0.29, 0.717) is 6.61 Å². The van der Waals surface area contributed by atoms with Gasteiger partial charge in [0.05, 0.1) is 0 Å². The van der Waals surface area contributed by atoms with Crippen LogP contribution in [-0.4, -0.2) is 38.1 Å². The first-order valence-electron chi connectivity index (χ1n) is 6.94. The third-order valence-electron chi connectivity index (χ3n) is 2.33. The first kappa shape index (κ1) is 18.2. The summed E-state index contributed by atoms with van der Waals surface area (Å²) in [5, 5.41) is 0. The number of rotatable bonds is 8. The number of likely N-dealkylation sites (N-methyl/N-ethyl adjacent to an activating group) is 1. The molecule has 0 radical (unpaired) electrons. The van der Waals surface area contributed by atoms with E-state index in [0.717, 1.165) is 19.3 Å². The Morgan fingerprint density at radius 1 is 1.15 bits per heavy atom. The summed E-state index contributed by atoms with van der Waals surface area (Å²) >= 11 is 0. The number of ether oxygens (including phenoxy) is 1. The average molecular weight is 275 g/mol. The second kappa shape index (κ2) is 13.6. The van der Waals surface area contributed by atoms with Crippen molar-refractivity contribution in [3.63, 3.8) is 0 Å². The molecule has 0 aliphatic heterocycles. The molecule has 0 aromatic heterocycles. The van der Waals surface area contributed by atoms with Gasteiger partial charge in [0.1, 0.15) is 6.61 Å². The maximum Gasteiger partial charge on any atom is 0.248 e. The molecular formula is C17H25NO2. The van der Waals surface area contributed by atoms with Crippen molar-refractivity contribution in [1.82, 2.24) is 4.90 Å². The lowest BCUT2D eigenvalue weighted by molar-refractivity contribution is -0.133. The van der Waals surface area contributed by atoms with Gasteiger partial charge in [0.2, 0.25) is 5.91 Å². The highest BCUT2D eigenvalue weighted by Gasteiger charge is 2.01. The molecule has 0 saturated heterocycles. The Labute approximate surface area is 123 Å². The SMILES string of the molecule is CCC=CC#CC=CC=CCCCOCC(=O)N(C)C. The van der Waals surface area contributed by atoms with E-state index in [4.69, 9.17) is 4.74 Å². The topological polar surface area (TPSA) is 29.5 Å². The predicted molar refractivity (Wildman–Crippen MR) is 84.2 cm³/mol. The van der Waals surface area contributed by atoms with Crippen molar-refractivity contribution >= 4 is 5.91 Å². The minimum Gasteiger partial charge on any atom is -0.372 e. The summed E-state index contributed by atoms with van der Waals surface area (Å²) in [7, 11) is 3.45. The molecule has 0 aromatic carbocycles. The van der Waals surface area contributed by atoms with Crippen molar-refractivity contribution in [3.05, 3.63) is 36.5 Å². The molecule has 0 aromatic rings. The van der Waals surface area contributed by atoms with Gasteiger partial charge in [-0.05, 0) is 31.4 Å². The van der Waals surface area contributed by atoms with Gasteiger partial charge in [0, 0.05) is 20.7 Å². The van der Waals surface area contributed by atoms with Gasteiger partial charge < -0.3 is 9.64 Å². The molecular weight excluding hydrogens is 250 g/mol. The van der Waals surface area contributed by atoms with E-state index in [1.807, 2.05) is 30.4 Å². The molecule has 1 amide bonds. The van der Waals surface area contributed by atoms with Gasteiger partial charge in [-0.25, -0.2) is 0 Å². The number of nitrogens with zero attached hydrogens (tertiary/aromatic N) is 1. The van der Waals surface area contributed by atoms with Crippen LogP contribution in [0.4, 0.5) is 0 Å². The third kappa shape index (κ3) is 12.7. The fourth-order valence-corrected chi connectivity index (χ4v) is 1.14. The first-order chi connectivity index (χ1) is 9.68. The van der Waals surface area contributed by atoms with Crippen LogP contribution in [-0.2, 0) is 9.53 Å². The molecule has 0 fully saturated rings. The molecule has 0 N–H and O–H groups in total. The molecule has 0 spiro atoms. The van der Waals surface area contributed by atoms with Crippen molar-refractivity contribution in [1.29, 1.82) is 0 Å². The number of hydrogen-bond acceptors (Lipinski definition) is 2. The second-order valence-electron chi connectivity index (χ2n) is 4.37. The van der Waals surface area contributed by atoms with Crippen LogP contribution in [0.15, 0.2) is 36.5 Å². The van der Waals surface area contributed by atoms with Crippen LogP contribution >= 0.6 is 0 Å². The van der Waals surface area contributed by atoms with Gasteiger partial charge in [-0.1, -0.05) is 43.1 Å². The lowest BCUT2D eigenvalue weighted by atomic mass is 10.3. The Balaban J connectivity index is 3.52. The van der Waals surface area contributed by atoms with E-state index in [9.17, 15) is 4.79 Å². The summed E-state index contributed by atoms with van der Waals surface area (Å²) in [5.41, 5.74) is 0. The van der Waals surface area contributed by atoms with Crippen molar-refractivity contribution in [2.24, 2.45) is 0 Å². The van der Waals surface area contributed by atoms with E-state index < -0.39 is 0 Å². The molecule has 0 heterocycles. The van der Waals surface area contributed by atoms with Crippen LogP contribution in [0.2, 0.25) is 0 Å². The van der Waals surface area contributed by atoms with Crippen LogP contribution in [0.3, 0.4) is 0 Å². The molecule has 20 heavy (non-hydrogen) atoms. The summed E-state index contributed by atoms with van der Waals surface area (Å²) in [6, 6.07) is 0. The summed E-state index contributed by atoms with van der Waals surface area (Å²) < 4.78 is 5.27. The number of amides is 1. The van der Waals surface area contributed by atoms with Crippen LogP contribution in [0.1, 0.15) is 26.2 Å². The lowest BCUT2D eigenvalue weighted by Gasteiger charge is -2.09. The molecule has 3 heteroatoms. The minimum atomic E-state index is -0.000766. The summed E-state index contributed by atoms with van der Waals surface area (Å²) in [5.74, 6) is 5.84. The Hall–Kier alpha value is -1.79. The maximum absolute atomic E-state index is 11.2. The third-order valence-corrected chi connectivity index (χ3v) is 2.33. The predicted octanol–water partition coefficient (Wildman–Crippen LogP) is 2.95. The monoisotopic (exact) mass is 275 g/mol. The highest BCUT2D eigenvalue weighted by Crippen LogP contribution is 1.93. The van der Waals surface area contributed by atoms with Gasteiger partial charge in [-0.15, -0.1) is 0 Å². The highest BCUT2D eigenvalue weighted by molar-refractivity contribution is 5.76. The first-order valence-corrected chi connectivity index (χ1v) is 6.94. The van der Waals surface area contributed by atoms with E-state index in [-0.39, 0.29) is 12.5 Å². The summed E-state index contributed by atoms with van der Waals surface area (Å²) in [4.78, 5) is 12.7. The Morgan fingerprint density at radius 3 is 2.60 bits per heavy atom. The number of hydrogen-bond donors (Lipinski definition) is 0. The van der Waals surface area contributed by atoms with Crippen molar-refractivity contribution in [3.8, 4) is 11.8 Å². The van der Waals surface area contributed by atoms with Gasteiger partial charge in [-0.2, -0.15) is 0 Å². The van der Waals surface area contributed by atoms with E-state index >= 15 is 0 Å². The zero-order valence-corrected chi connectivity index (χ0v) is 12.8. The molecule has 0 aliphatic rings. The van der Waals surface area contributed by atoms with Crippen molar-refractivity contribution in [2.75, 3.05) is 27.3 Å². The van der Waals surface area contributed by atoms with Crippen molar-refractivity contribution in [2.45, 2.75) is 26.2 Å².